The third-order valence-corrected chi connectivity index (χ3v) is 2.63. The monoisotopic (exact) mass is 311 g/mol. The average Bonchev–Trinajstić information content (AvgIpc) is 2.36. The molecule has 0 saturated heterocycles. The molecular formula is C14H18BrNO2. The van der Waals surface area contributed by atoms with Gasteiger partial charge in [-0.15, -0.1) is 0 Å². The van der Waals surface area contributed by atoms with E-state index in [2.05, 4.69) is 27.8 Å². The van der Waals surface area contributed by atoms with Crippen molar-refractivity contribution in [3.8, 4) is 5.75 Å². The van der Waals surface area contributed by atoms with Crippen molar-refractivity contribution in [2.45, 2.75) is 19.8 Å². The Bertz CT molecular complexity index is 401. The third kappa shape index (κ3) is 5.87. The van der Waals surface area contributed by atoms with Crippen LogP contribution >= 0.6 is 15.9 Å². The van der Waals surface area contributed by atoms with Gasteiger partial charge in [0.25, 0.3) is 0 Å². The molecule has 0 unspecified atom stereocenters. The molecule has 1 amide bonds. The molecule has 0 aliphatic rings. The van der Waals surface area contributed by atoms with Gasteiger partial charge in [-0.1, -0.05) is 34.6 Å². The summed E-state index contributed by atoms with van der Waals surface area (Å²) in [6, 6.07) is 7.83. The van der Waals surface area contributed by atoms with Crippen LogP contribution in [-0.4, -0.2) is 19.1 Å². The van der Waals surface area contributed by atoms with Gasteiger partial charge < -0.3 is 10.1 Å². The van der Waals surface area contributed by atoms with E-state index in [0.717, 1.165) is 22.2 Å². The highest BCUT2D eigenvalue weighted by molar-refractivity contribution is 9.11. The molecule has 0 aromatic heterocycles. The minimum atomic E-state index is 0.0319. The Morgan fingerprint density at radius 1 is 1.39 bits per heavy atom. The predicted octanol–water partition coefficient (Wildman–Crippen LogP) is 3.04. The van der Waals surface area contributed by atoms with Crippen molar-refractivity contribution in [2.75, 3.05) is 13.2 Å². The van der Waals surface area contributed by atoms with Crippen LogP contribution in [0.3, 0.4) is 0 Å². The zero-order valence-electron chi connectivity index (χ0n) is 10.5. The van der Waals surface area contributed by atoms with E-state index >= 15 is 0 Å². The maximum Gasteiger partial charge on any atom is 0.220 e. The fourth-order valence-corrected chi connectivity index (χ4v) is 1.60. The van der Waals surface area contributed by atoms with Crippen LogP contribution in [0.15, 0.2) is 35.3 Å². The first-order valence-electron chi connectivity index (χ1n) is 5.93. The molecule has 18 heavy (non-hydrogen) atoms. The summed E-state index contributed by atoms with van der Waals surface area (Å²) < 4.78 is 6.13. The van der Waals surface area contributed by atoms with Crippen molar-refractivity contribution < 1.29 is 9.53 Å². The van der Waals surface area contributed by atoms with Crippen molar-refractivity contribution in [1.29, 1.82) is 0 Å². The molecule has 0 saturated carbocycles. The fourth-order valence-electron chi connectivity index (χ4n) is 1.46. The molecule has 0 spiro atoms. The number of carbonyl (C=O) groups excluding carboxylic acids is 1. The lowest BCUT2D eigenvalue weighted by Gasteiger charge is -2.06. The summed E-state index contributed by atoms with van der Waals surface area (Å²) in [6.45, 7) is 6.75. The van der Waals surface area contributed by atoms with E-state index in [1.54, 1.807) is 0 Å². The molecule has 4 heteroatoms. The molecule has 1 aromatic rings. The standard InChI is InChI=1S/C14H18BrNO2/c1-3-18-13-7-4-12(5-8-13)6-9-14(17)16-10-11(2)15/h4-5,7-8H,2-3,6,9-10H2,1H3,(H,16,17). The summed E-state index contributed by atoms with van der Waals surface area (Å²) in [5.74, 6) is 0.894. The Balaban J connectivity index is 2.34. The topological polar surface area (TPSA) is 38.3 Å². The van der Waals surface area contributed by atoms with Crippen molar-refractivity contribution in [3.63, 3.8) is 0 Å². The lowest BCUT2D eigenvalue weighted by molar-refractivity contribution is -0.120. The van der Waals surface area contributed by atoms with E-state index in [1.165, 1.54) is 0 Å². The number of aryl methyl sites for hydroxylation is 1. The second-order valence-corrected chi connectivity index (χ2v) is 4.99. The fraction of sp³-hybridized carbons (Fsp3) is 0.357. The molecule has 1 aromatic carbocycles. The van der Waals surface area contributed by atoms with Gasteiger partial charge in [-0.2, -0.15) is 0 Å². The summed E-state index contributed by atoms with van der Waals surface area (Å²) in [5, 5.41) is 2.77. The summed E-state index contributed by atoms with van der Waals surface area (Å²) in [5.41, 5.74) is 1.13. The SMILES string of the molecule is C=C(Br)CNC(=O)CCc1ccc(OCC)cc1. The van der Waals surface area contributed by atoms with E-state index < -0.39 is 0 Å². The van der Waals surface area contributed by atoms with Gasteiger partial charge in [0.05, 0.1) is 6.61 Å². The normalized spacial score (nSPS) is 9.89. The van der Waals surface area contributed by atoms with Crippen molar-refractivity contribution >= 4 is 21.8 Å². The number of amides is 1. The highest BCUT2D eigenvalue weighted by Gasteiger charge is 2.02. The van der Waals surface area contributed by atoms with E-state index in [1.807, 2.05) is 31.2 Å². The van der Waals surface area contributed by atoms with Crippen LogP contribution in [0.4, 0.5) is 0 Å². The number of carbonyl (C=O) groups is 1. The quantitative estimate of drug-likeness (QED) is 0.840. The third-order valence-electron chi connectivity index (χ3n) is 2.35. The minimum Gasteiger partial charge on any atom is -0.494 e. The summed E-state index contributed by atoms with van der Waals surface area (Å²) >= 11 is 3.20. The molecule has 0 aliphatic heterocycles. The van der Waals surface area contributed by atoms with Gasteiger partial charge in [-0.3, -0.25) is 4.79 Å². The smallest absolute Gasteiger partial charge is 0.220 e. The number of hydrogen-bond donors (Lipinski definition) is 1. The van der Waals surface area contributed by atoms with E-state index in [4.69, 9.17) is 4.74 Å². The first-order valence-corrected chi connectivity index (χ1v) is 6.73. The highest BCUT2D eigenvalue weighted by Crippen LogP contribution is 2.13. The van der Waals surface area contributed by atoms with Gasteiger partial charge in [0.2, 0.25) is 5.91 Å². The number of ether oxygens (including phenoxy) is 1. The Kier molecular flexibility index (Phi) is 6.50. The van der Waals surface area contributed by atoms with Crippen molar-refractivity contribution in [3.05, 3.63) is 40.9 Å². The highest BCUT2D eigenvalue weighted by atomic mass is 79.9. The maximum atomic E-state index is 11.5. The molecular weight excluding hydrogens is 294 g/mol. The van der Waals surface area contributed by atoms with E-state index in [9.17, 15) is 4.79 Å². The molecule has 1 N–H and O–H groups in total. The molecule has 1 rings (SSSR count). The van der Waals surface area contributed by atoms with Gasteiger partial charge in [-0.05, 0) is 31.0 Å². The van der Waals surface area contributed by atoms with E-state index in [-0.39, 0.29) is 5.91 Å². The Hall–Kier alpha value is -1.29. The molecule has 0 fully saturated rings. The first kappa shape index (κ1) is 14.8. The van der Waals surface area contributed by atoms with Gasteiger partial charge in [0.15, 0.2) is 0 Å². The van der Waals surface area contributed by atoms with E-state index in [0.29, 0.717) is 19.6 Å². The van der Waals surface area contributed by atoms with Crippen LogP contribution in [-0.2, 0) is 11.2 Å². The maximum absolute atomic E-state index is 11.5. The minimum absolute atomic E-state index is 0.0319. The Morgan fingerprint density at radius 2 is 2.06 bits per heavy atom. The molecule has 0 heterocycles. The van der Waals surface area contributed by atoms with Crippen LogP contribution in [0.25, 0.3) is 0 Å². The number of halogens is 1. The average molecular weight is 312 g/mol. The molecule has 0 radical (unpaired) electrons. The van der Waals surface area contributed by atoms with Crippen LogP contribution in [0.2, 0.25) is 0 Å². The lowest BCUT2D eigenvalue weighted by Crippen LogP contribution is -2.24. The largest absolute Gasteiger partial charge is 0.494 e. The first-order chi connectivity index (χ1) is 8.61. The zero-order valence-corrected chi connectivity index (χ0v) is 12.1. The molecule has 98 valence electrons. The van der Waals surface area contributed by atoms with Gasteiger partial charge in [-0.25, -0.2) is 0 Å². The van der Waals surface area contributed by atoms with Crippen molar-refractivity contribution in [2.24, 2.45) is 0 Å². The second-order valence-electron chi connectivity index (χ2n) is 3.87. The summed E-state index contributed by atoms with van der Waals surface area (Å²) in [7, 11) is 0. The lowest BCUT2D eigenvalue weighted by atomic mass is 10.1. The zero-order chi connectivity index (χ0) is 13.4. The van der Waals surface area contributed by atoms with Crippen LogP contribution in [0.1, 0.15) is 18.9 Å². The number of rotatable bonds is 7. The van der Waals surface area contributed by atoms with Gasteiger partial charge >= 0.3 is 0 Å². The molecule has 0 atom stereocenters. The van der Waals surface area contributed by atoms with Gasteiger partial charge in [0.1, 0.15) is 5.75 Å². The summed E-state index contributed by atoms with van der Waals surface area (Å²) in [4.78, 5) is 11.5. The predicted molar refractivity (Wildman–Crippen MR) is 77.0 cm³/mol. The van der Waals surface area contributed by atoms with Crippen LogP contribution in [0, 0.1) is 0 Å². The second kappa shape index (κ2) is 7.93. The Labute approximate surface area is 116 Å². The van der Waals surface area contributed by atoms with Crippen molar-refractivity contribution in [1.82, 2.24) is 5.32 Å². The summed E-state index contributed by atoms with van der Waals surface area (Å²) in [6.07, 6.45) is 1.21. The van der Waals surface area contributed by atoms with Crippen LogP contribution in [0.5, 0.6) is 5.75 Å². The van der Waals surface area contributed by atoms with Gasteiger partial charge in [0, 0.05) is 17.4 Å². The molecule has 0 aliphatic carbocycles. The Morgan fingerprint density at radius 3 is 2.61 bits per heavy atom. The number of hydrogen-bond acceptors (Lipinski definition) is 2. The molecule has 0 bridgehead atoms. The van der Waals surface area contributed by atoms with Crippen LogP contribution < -0.4 is 10.1 Å². The number of nitrogens with one attached hydrogen (secondary N) is 1. The molecule has 3 nitrogen and oxygen atoms in total. The number of benzene rings is 1.